The molecule has 4 rings (SSSR count). The van der Waals surface area contributed by atoms with Crippen LogP contribution in [0.3, 0.4) is 0 Å². The number of likely N-dealkylation sites (tertiary alicyclic amines) is 1. The lowest BCUT2D eigenvalue weighted by atomic mass is 9.93. The maximum absolute atomic E-state index is 13.3. The summed E-state index contributed by atoms with van der Waals surface area (Å²) in [5.74, 6) is 0.103. The first kappa shape index (κ1) is 17.4. The van der Waals surface area contributed by atoms with Gasteiger partial charge in [-0.2, -0.15) is 0 Å². The largest absolute Gasteiger partial charge is 0.338 e. The van der Waals surface area contributed by atoms with Crippen LogP contribution in [0.5, 0.6) is 0 Å². The van der Waals surface area contributed by atoms with Crippen molar-refractivity contribution in [3.63, 3.8) is 0 Å². The van der Waals surface area contributed by atoms with Crippen LogP contribution < -0.4 is 5.56 Å². The van der Waals surface area contributed by atoms with Gasteiger partial charge in [-0.15, -0.1) is 0 Å². The maximum atomic E-state index is 13.3. The molecule has 1 fully saturated rings. The molecule has 138 valence electrons. The van der Waals surface area contributed by atoms with E-state index in [0.717, 1.165) is 40.7 Å². The molecule has 27 heavy (non-hydrogen) atoms. The molecule has 1 amide bonds. The molecule has 0 saturated carbocycles. The predicted octanol–water partition coefficient (Wildman–Crippen LogP) is 2.95. The van der Waals surface area contributed by atoms with Gasteiger partial charge < -0.3 is 9.88 Å². The lowest BCUT2D eigenvalue weighted by Crippen LogP contribution is -2.39. The topological polar surface area (TPSA) is 79.0 Å². The van der Waals surface area contributed by atoms with Gasteiger partial charge in [-0.1, -0.05) is 11.6 Å². The van der Waals surface area contributed by atoms with Crippen molar-refractivity contribution >= 4 is 16.8 Å². The molecule has 3 heterocycles. The Morgan fingerprint density at radius 2 is 2.07 bits per heavy atom. The zero-order valence-corrected chi connectivity index (χ0v) is 15.5. The first-order valence-corrected chi connectivity index (χ1v) is 9.23. The third-order valence-corrected chi connectivity index (χ3v) is 5.15. The van der Waals surface area contributed by atoms with Crippen molar-refractivity contribution in [1.29, 1.82) is 0 Å². The second-order valence-corrected chi connectivity index (χ2v) is 7.26. The number of carbonyl (C=O) groups excluding carboxylic acids is 1. The van der Waals surface area contributed by atoms with Crippen LogP contribution in [-0.4, -0.2) is 38.8 Å². The Morgan fingerprint density at radius 3 is 2.89 bits per heavy atom. The highest BCUT2D eigenvalue weighted by Gasteiger charge is 2.27. The Balaban J connectivity index is 1.67. The van der Waals surface area contributed by atoms with Crippen LogP contribution in [0.2, 0.25) is 0 Å². The molecule has 3 aromatic rings. The molecule has 1 N–H and O–H groups in total. The summed E-state index contributed by atoms with van der Waals surface area (Å²) < 4.78 is 0. The predicted molar refractivity (Wildman–Crippen MR) is 104 cm³/mol. The van der Waals surface area contributed by atoms with Crippen LogP contribution in [-0.2, 0) is 0 Å². The third kappa shape index (κ3) is 3.47. The molecule has 0 spiro atoms. The van der Waals surface area contributed by atoms with Gasteiger partial charge in [-0.25, -0.2) is 4.98 Å². The van der Waals surface area contributed by atoms with Gasteiger partial charge in [0.25, 0.3) is 11.5 Å². The summed E-state index contributed by atoms with van der Waals surface area (Å²) in [6.07, 6.45) is 3.25. The minimum Gasteiger partial charge on any atom is -0.338 e. The molecule has 1 saturated heterocycles. The normalized spacial score (nSPS) is 17.3. The van der Waals surface area contributed by atoms with Crippen LogP contribution in [0.15, 0.2) is 41.5 Å². The first-order chi connectivity index (χ1) is 13.0. The molecule has 0 radical (unpaired) electrons. The summed E-state index contributed by atoms with van der Waals surface area (Å²) in [5, 5.41) is 0.891. The van der Waals surface area contributed by atoms with Gasteiger partial charge in [-0.3, -0.25) is 14.6 Å². The molecule has 0 unspecified atom stereocenters. The van der Waals surface area contributed by atoms with Crippen molar-refractivity contribution in [2.75, 3.05) is 13.1 Å². The number of aromatic nitrogens is 3. The van der Waals surface area contributed by atoms with E-state index in [-0.39, 0.29) is 17.4 Å². The number of nitrogens with one attached hydrogen (secondary N) is 1. The molecular formula is C21H22N4O2. The number of benzene rings is 1. The average molecular weight is 362 g/mol. The Bertz CT molecular complexity index is 1070. The van der Waals surface area contributed by atoms with Crippen molar-refractivity contribution < 1.29 is 4.79 Å². The van der Waals surface area contributed by atoms with E-state index in [1.165, 1.54) is 12.4 Å². The summed E-state index contributed by atoms with van der Waals surface area (Å²) >= 11 is 0. The van der Waals surface area contributed by atoms with Crippen molar-refractivity contribution in [3.05, 3.63) is 69.5 Å². The van der Waals surface area contributed by atoms with E-state index in [4.69, 9.17) is 0 Å². The number of fused-ring (bicyclic) bond motifs is 1. The lowest BCUT2D eigenvalue weighted by molar-refractivity contribution is 0.0707. The molecule has 2 aromatic heterocycles. The zero-order valence-electron chi connectivity index (χ0n) is 15.5. The molecular weight excluding hydrogens is 340 g/mol. The number of aromatic amines is 1. The molecule has 0 bridgehead atoms. The smallest absolute Gasteiger partial charge is 0.254 e. The van der Waals surface area contributed by atoms with Crippen LogP contribution in [0, 0.1) is 13.8 Å². The standard InChI is InChI=1S/C21H22N4O2/c1-13-5-6-18-16(8-13)17(9-14(2)24-18)21(27)25-7-3-4-15(11-25)19-10-20(26)23-12-22-19/h5-6,8-10,12,15H,3-4,7,11H2,1-2H3,(H,22,23,26)/t15-/m0/s1. The van der Waals surface area contributed by atoms with Crippen LogP contribution in [0.1, 0.15) is 46.1 Å². The molecule has 1 aromatic carbocycles. The van der Waals surface area contributed by atoms with Crippen molar-refractivity contribution in [2.45, 2.75) is 32.6 Å². The molecule has 1 aliphatic rings. The number of hydrogen-bond donors (Lipinski definition) is 1. The minimum atomic E-state index is -0.158. The highest BCUT2D eigenvalue weighted by atomic mass is 16.2. The third-order valence-electron chi connectivity index (χ3n) is 5.15. The number of rotatable bonds is 2. The van der Waals surface area contributed by atoms with E-state index in [2.05, 4.69) is 15.0 Å². The number of pyridine rings is 1. The SMILES string of the molecule is Cc1ccc2nc(C)cc(C(=O)N3CCC[C@H](c4cc(=O)[nH]cn4)C3)c2c1. The number of amides is 1. The number of hydrogen-bond acceptors (Lipinski definition) is 4. The number of aryl methyl sites for hydroxylation is 2. The van der Waals surface area contributed by atoms with Crippen LogP contribution in [0.25, 0.3) is 10.9 Å². The van der Waals surface area contributed by atoms with Gasteiger partial charge in [0.2, 0.25) is 0 Å². The number of nitrogens with zero attached hydrogens (tertiary/aromatic N) is 3. The van der Waals surface area contributed by atoms with Gasteiger partial charge in [0.15, 0.2) is 0 Å². The second-order valence-electron chi connectivity index (χ2n) is 7.26. The van der Waals surface area contributed by atoms with Crippen molar-refractivity contribution in [2.24, 2.45) is 0 Å². The molecule has 1 atom stereocenters. The first-order valence-electron chi connectivity index (χ1n) is 9.23. The second kappa shape index (κ2) is 6.95. The Labute approximate surface area is 157 Å². The average Bonchev–Trinajstić information content (AvgIpc) is 2.67. The van der Waals surface area contributed by atoms with E-state index in [1.807, 2.05) is 43.0 Å². The summed E-state index contributed by atoms with van der Waals surface area (Å²) in [7, 11) is 0. The summed E-state index contributed by atoms with van der Waals surface area (Å²) in [6, 6.07) is 9.41. The Hall–Kier alpha value is -3.02. The summed E-state index contributed by atoms with van der Waals surface area (Å²) in [6.45, 7) is 5.22. The number of carbonyl (C=O) groups is 1. The minimum absolute atomic E-state index is 0.0191. The van der Waals surface area contributed by atoms with Crippen LogP contribution in [0.4, 0.5) is 0 Å². The van der Waals surface area contributed by atoms with E-state index in [0.29, 0.717) is 18.7 Å². The molecule has 0 aliphatic carbocycles. The number of piperidine rings is 1. The van der Waals surface area contributed by atoms with E-state index < -0.39 is 0 Å². The number of H-pyrrole nitrogens is 1. The quantitative estimate of drug-likeness (QED) is 0.760. The summed E-state index contributed by atoms with van der Waals surface area (Å²) in [4.78, 5) is 38.2. The van der Waals surface area contributed by atoms with Gasteiger partial charge >= 0.3 is 0 Å². The Morgan fingerprint density at radius 1 is 1.22 bits per heavy atom. The maximum Gasteiger partial charge on any atom is 0.254 e. The van der Waals surface area contributed by atoms with E-state index >= 15 is 0 Å². The highest BCUT2D eigenvalue weighted by Crippen LogP contribution is 2.28. The van der Waals surface area contributed by atoms with Crippen molar-refractivity contribution in [1.82, 2.24) is 19.9 Å². The van der Waals surface area contributed by atoms with Gasteiger partial charge in [0.05, 0.1) is 23.1 Å². The van der Waals surface area contributed by atoms with E-state index in [9.17, 15) is 9.59 Å². The lowest BCUT2D eigenvalue weighted by Gasteiger charge is -2.32. The van der Waals surface area contributed by atoms with Crippen molar-refractivity contribution in [3.8, 4) is 0 Å². The van der Waals surface area contributed by atoms with Gasteiger partial charge in [0.1, 0.15) is 0 Å². The van der Waals surface area contributed by atoms with Gasteiger partial charge in [0, 0.05) is 36.2 Å². The molecule has 6 nitrogen and oxygen atoms in total. The highest BCUT2D eigenvalue weighted by molar-refractivity contribution is 6.06. The van der Waals surface area contributed by atoms with E-state index in [1.54, 1.807) is 0 Å². The molecule has 1 aliphatic heterocycles. The monoisotopic (exact) mass is 362 g/mol. The zero-order chi connectivity index (χ0) is 19.0. The fourth-order valence-corrected chi connectivity index (χ4v) is 3.83. The van der Waals surface area contributed by atoms with Crippen LogP contribution >= 0.6 is 0 Å². The van der Waals surface area contributed by atoms with Gasteiger partial charge in [-0.05, 0) is 44.9 Å². The molecule has 6 heteroatoms. The summed E-state index contributed by atoms with van der Waals surface area (Å²) in [5.41, 5.74) is 4.07. The fourth-order valence-electron chi connectivity index (χ4n) is 3.83. The Kier molecular flexibility index (Phi) is 4.48. The fraction of sp³-hybridized carbons (Fsp3) is 0.333.